The largest absolute Gasteiger partial charge is 0.491 e. The first-order chi connectivity index (χ1) is 16.1. The number of rotatable bonds is 5. The Morgan fingerprint density at radius 1 is 1.15 bits per heavy atom. The molecule has 2 aromatic carbocycles. The summed E-state index contributed by atoms with van der Waals surface area (Å²) in [4.78, 5) is 16.0. The third kappa shape index (κ3) is 4.38. The summed E-state index contributed by atoms with van der Waals surface area (Å²) < 4.78 is 21.1. The minimum Gasteiger partial charge on any atom is -0.481 e. The Balaban J connectivity index is 1.46. The van der Waals surface area contributed by atoms with Gasteiger partial charge in [0.15, 0.2) is 0 Å². The minimum absolute atomic E-state index is 0.0880. The highest BCUT2D eigenvalue weighted by molar-refractivity contribution is 6.12. The van der Waals surface area contributed by atoms with Crippen LogP contribution in [0.25, 0.3) is 0 Å². The lowest BCUT2D eigenvalue weighted by Crippen LogP contribution is -2.54. The number of carbonyl (C=O) groups excluding carboxylic acids is 1. The molecule has 0 radical (unpaired) electrons. The SMILES string of the molecule is C#CCOc1ccc2c(c1)CC[N+](C(=O)NCC13CCN(CC1)CC3)=C2c1ccc(F)cc1. The molecule has 0 aliphatic carbocycles. The molecule has 5 nitrogen and oxygen atoms in total. The molecule has 4 heterocycles. The van der Waals surface area contributed by atoms with Crippen molar-refractivity contribution >= 4 is 11.7 Å². The molecule has 33 heavy (non-hydrogen) atoms. The van der Waals surface area contributed by atoms with Crippen LogP contribution in [0.1, 0.15) is 36.0 Å². The molecule has 1 N–H and O–H groups in total. The zero-order chi connectivity index (χ0) is 22.8. The van der Waals surface area contributed by atoms with Gasteiger partial charge < -0.3 is 9.64 Å². The number of ether oxygens (including phenoxy) is 1. The number of hydrogen-bond acceptors (Lipinski definition) is 3. The molecule has 170 valence electrons. The Bertz CT molecular complexity index is 1110. The summed E-state index contributed by atoms with van der Waals surface area (Å²) in [6.45, 7) is 4.85. The van der Waals surface area contributed by atoms with Gasteiger partial charge in [-0.1, -0.05) is 5.92 Å². The predicted octanol–water partition coefficient (Wildman–Crippen LogP) is 3.44. The molecular formula is C27H29FN3O2+. The van der Waals surface area contributed by atoms with Crippen LogP contribution in [-0.2, 0) is 6.42 Å². The smallest absolute Gasteiger partial charge is 0.481 e. The van der Waals surface area contributed by atoms with Crippen molar-refractivity contribution in [2.75, 3.05) is 39.3 Å². The Kier molecular flexibility index (Phi) is 5.90. The van der Waals surface area contributed by atoms with Gasteiger partial charge in [0.2, 0.25) is 0 Å². The fraction of sp³-hybridized carbons (Fsp3) is 0.407. The van der Waals surface area contributed by atoms with E-state index in [1.165, 1.54) is 12.1 Å². The molecule has 6 rings (SSSR count). The fourth-order valence-electron chi connectivity index (χ4n) is 5.35. The predicted molar refractivity (Wildman–Crippen MR) is 125 cm³/mol. The summed E-state index contributed by atoms with van der Waals surface area (Å²) in [6.07, 6.45) is 9.46. The Labute approximate surface area is 194 Å². The number of halogens is 1. The van der Waals surface area contributed by atoms with Crippen molar-refractivity contribution in [3.05, 3.63) is 65.0 Å². The van der Waals surface area contributed by atoms with E-state index in [-0.39, 0.29) is 23.9 Å². The highest BCUT2D eigenvalue weighted by Gasteiger charge is 2.41. The monoisotopic (exact) mass is 446 g/mol. The first-order valence-electron chi connectivity index (χ1n) is 11.7. The average Bonchev–Trinajstić information content (AvgIpc) is 2.87. The summed E-state index contributed by atoms with van der Waals surface area (Å²) in [7, 11) is 0. The van der Waals surface area contributed by atoms with Crippen LogP contribution < -0.4 is 10.1 Å². The van der Waals surface area contributed by atoms with Gasteiger partial charge in [0.1, 0.15) is 23.9 Å². The van der Waals surface area contributed by atoms with E-state index in [4.69, 9.17) is 11.2 Å². The van der Waals surface area contributed by atoms with Gasteiger partial charge in [-0.25, -0.2) is 9.71 Å². The summed E-state index contributed by atoms with van der Waals surface area (Å²) in [5.74, 6) is 2.90. The number of piperidine rings is 3. The highest BCUT2D eigenvalue weighted by Crippen LogP contribution is 2.39. The van der Waals surface area contributed by atoms with Crippen LogP contribution >= 0.6 is 0 Å². The summed E-state index contributed by atoms with van der Waals surface area (Å²) >= 11 is 0. The van der Waals surface area contributed by atoms with E-state index in [1.54, 1.807) is 12.1 Å². The maximum Gasteiger partial charge on any atom is 0.491 e. The minimum atomic E-state index is -0.299. The maximum absolute atomic E-state index is 13.7. The second kappa shape index (κ2) is 8.99. The molecule has 0 atom stereocenters. The van der Waals surface area contributed by atoms with Crippen LogP contribution in [0, 0.1) is 23.6 Å². The van der Waals surface area contributed by atoms with Crippen LogP contribution in [0.4, 0.5) is 9.18 Å². The lowest BCUT2D eigenvalue weighted by atomic mass is 9.72. The number of nitrogens with one attached hydrogen (secondary N) is 1. The number of nitrogens with zero attached hydrogens (tertiary/aromatic N) is 2. The van der Waals surface area contributed by atoms with Crippen molar-refractivity contribution in [2.45, 2.75) is 25.7 Å². The maximum atomic E-state index is 13.7. The van der Waals surface area contributed by atoms with Crippen LogP contribution in [0.5, 0.6) is 5.75 Å². The zero-order valence-electron chi connectivity index (χ0n) is 18.8. The molecule has 2 bridgehead atoms. The molecule has 4 aliphatic rings. The molecule has 0 unspecified atom stereocenters. The van der Waals surface area contributed by atoms with E-state index in [2.05, 4.69) is 16.1 Å². The number of fused-ring (bicyclic) bond motifs is 4. The molecule has 4 aliphatic heterocycles. The Morgan fingerprint density at radius 3 is 2.58 bits per heavy atom. The standard InChI is InChI=1S/C27H28FN3O2/c1-2-17-33-23-7-8-24-21(18-23)9-13-31(25(24)20-3-5-22(28)6-4-20)26(32)29-19-27-10-14-30(15-11-27)16-12-27/h1,3-8,18H,9-17,19H2/p+1. The molecule has 0 aromatic heterocycles. The number of urea groups is 1. The molecule has 3 fully saturated rings. The van der Waals surface area contributed by atoms with Gasteiger partial charge in [-0.3, -0.25) is 0 Å². The lowest BCUT2D eigenvalue weighted by Gasteiger charge is -2.47. The topological polar surface area (TPSA) is 44.6 Å². The summed E-state index contributed by atoms with van der Waals surface area (Å²) in [6, 6.07) is 12.1. The van der Waals surface area contributed by atoms with E-state index < -0.39 is 0 Å². The van der Waals surface area contributed by atoms with Crippen molar-refractivity contribution in [2.24, 2.45) is 5.41 Å². The van der Waals surface area contributed by atoms with Gasteiger partial charge in [0.05, 0.1) is 13.1 Å². The first kappa shape index (κ1) is 21.7. The summed E-state index contributed by atoms with van der Waals surface area (Å²) in [5.41, 5.74) is 3.88. The zero-order valence-corrected chi connectivity index (χ0v) is 18.8. The van der Waals surface area contributed by atoms with Crippen LogP contribution in [0.15, 0.2) is 42.5 Å². The third-order valence-electron chi connectivity index (χ3n) is 7.38. The lowest BCUT2D eigenvalue weighted by molar-refractivity contribution is -0.429. The van der Waals surface area contributed by atoms with Crippen LogP contribution in [0.2, 0.25) is 0 Å². The second-order valence-electron chi connectivity index (χ2n) is 9.32. The van der Waals surface area contributed by atoms with Crippen molar-refractivity contribution in [3.63, 3.8) is 0 Å². The third-order valence-corrected chi connectivity index (χ3v) is 7.38. The van der Waals surface area contributed by atoms with Gasteiger partial charge >= 0.3 is 6.03 Å². The number of benzene rings is 2. The molecule has 3 saturated heterocycles. The normalized spacial score (nSPS) is 23.6. The van der Waals surface area contributed by atoms with E-state index in [1.807, 2.05) is 22.8 Å². The number of hydrogen-bond donors (Lipinski definition) is 1. The molecule has 0 spiro atoms. The Hall–Kier alpha value is -3.17. The van der Waals surface area contributed by atoms with E-state index in [0.717, 1.165) is 61.3 Å². The van der Waals surface area contributed by atoms with E-state index >= 15 is 0 Å². The Morgan fingerprint density at radius 2 is 1.88 bits per heavy atom. The molecular weight excluding hydrogens is 417 g/mol. The quantitative estimate of drug-likeness (QED) is 0.565. The summed E-state index contributed by atoms with van der Waals surface area (Å²) in [5, 5.41) is 3.25. The van der Waals surface area contributed by atoms with E-state index in [9.17, 15) is 9.18 Å². The van der Waals surface area contributed by atoms with Crippen LogP contribution in [-0.4, -0.2) is 60.5 Å². The second-order valence-corrected chi connectivity index (χ2v) is 9.32. The van der Waals surface area contributed by atoms with Crippen molar-refractivity contribution in [1.82, 2.24) is 10.2 Å². The van der Waals surface area contributed by atoms with Crippen LogP contribution in [0.3, 0.4) is 0 Å². The van der Waals surface area contributed by atoms with Gasteiger partial charge in [0, 0.05) is 23.0 Å². The van der Waals surface area contributed by atoms with Crippen molar-refractivity contribution < 1.29 is 18.5 Å². The highest BCUT2D eigenvalue weighted by atomic mass is 19.1. The van der Waals surface area contributed by atoms with Crippen molar-refractivity contribution in [3.8, 4) is 18.1 Å². The number of amides is 2. The van der Waals surface area contributed by atoms with Gasteiger partial charge in [-0.05, 0) is 86.9 Å². The average molecular weight is 447 g/mol. The van der Waals surface area contributed by atoms with E-state index in [0.29, 0.717) is 25.3 Å². The van der Waals surface area contributed by atoms with Gasteiger partial charge in [0.25, 0.3) is 0 Å². The fourth-order valence-corrected chi connectivity index (χ4v) is 5.35. The molecule has 2 amide bonds. The molecule has 0 saturated carbocycles. The first-order valence-corrected chi connectivity index (χ1v) is 11.7. The van der Waals surface area contributed by atoms with Crippen molar-refractivity contribution in [1.29, 1.82) is 0 Å². The number of terminal acetylenes is 1. The van der Waals surface area contributed by atoms with Gasteiger partial charge in [-0.15, -0.1) is 6.42 Å². The molecule has 6 heteroatoms. The molecule has 2 aromatic rings. The number of carbonyl (C=O) groups is 1. The van der Waals surface area contributed by atoms with Gasteiger partial charge in [-0.2, -0.15) is 9.37 Å².